The Balaban J connectivity index is 3.22. The monoisotopic (exact) mass is 218 g/mol. The van der Waals surface area contributed by atoms with Gasteiger partial charge < -0.3 is 9.64 Å². The lowest BCUT2D eigenvalue weighted by molar-refractivity contribution is 0.414. The molecule has 1 aromatic carbocycles. The molecule has 0 aliphatic carbocycles. The van der Waals surface area contributed by atoms with E-state index in [0.29, 0.717) is 0 Å². The van der Waals surface area contributed by atoms with Crippen LogP contribution in [0.5, 0.6) is 5.75 Å². The third kappa shape index (κ3) is 2.27. The van der Waals surface area contributed by atoms with Gasteiger partial charge in [0.25, 0.3) is 0 Å². The van der Waals surface area contributed by atoms with Crippen LogP contribution >= 0.6 is 0 Å². The molecule has 16 heavy (non-hydrogen) atoms. The second-order valence-corrected chi connectivity index (χ2v) is 4.02. The number of methoxy groups -OCH3 is 1. The molecule has 1 atom stereocenters. The van der Waals surface area contributed by atoms with E-state index < -0.39 is 0 Å². The summed E-state index contributed by atoms with van der Waals surface area (Å²) in [5.41, 5.74) is 3.35. The maximum absolute atomic E-state index is 8.92. The van der Waals surface area contributed by atoms with Crippen LogP contribution in [0.3, 0.4) is 0 Å². The Morgan fingerprint density at radius 2 is 1.88 bits per heavy atom. The molecule has 0 fully saturated rings. The summed E-state index contributed by atoms with van der Waals surface area (Å²) in [5.74, 6) is 0.813. The highest BCUT2D eigenvalue weighted by atomic mass is 16.5. The highest BCUT2D eigenvalue weighted by Crippen LogP contribution is 2.31. The molecule has 0 bridgehead atoms. The molecule has 3 nitrogen and oxygen atoms in total. The van der Waals surface area contributed by atoms with Crippen LogP contribution in [0, 0.1) is 25.2 Å². The predicted molar refractivity (Wildman–Crippen MR) is 65.9 cm³/mol. The van der Waals surface area contributed by atoms with Crippen molar-refractivity contribution in [3.8, 4) is 11.8 Å². The van der Waals surface area contributed by atoms with Gasteiger partial charge in [-0.15, -0.1) is 0 Å². The molecule has 1 rings (SSSR count). The van der Waals surface area contributed by atoms with Crippen molar-refractivity contribution in [3.05, 3.63) is 23.3 Å². The first kappa shape index (κ1) is 12.4. The van der Waals surface area contributed by atoms with E-state index in [-0.39, 0.29) is 6.04 Å². The van der Waals surface area contributed by atoms with Gasteiger partial charge in [-0.1, -0.05) is 0 Å². The Morgan fingerprint density at radius 3 is 2.38 bits per heavy atom. The number of ether oxygens (including phenoxy) is 1. The smallest absolute Gasteiger partial charge is 0.142 e. The number of hydrogen-bond donors (Lipinski definition) is 0. The van der Waals surface area contributed by atoms with E-state index >= 15 is 0 Å². The second-order valence-electron chi connectivity index (χ2n) is 4.02. The lowest BCUT2D eigenvalue weighted by atomic mass is 10.1. The molecule has 0 aliphatic rings. The Bertz CT molecular complexity index is 421. The first-order valence-electron chi connectivity index (χ1n) is 5.29. The summed E-state index contributed by atoms with van der Waals surface area (Å²) in [6.45, 7) is 5.98. The molecule has 86 valence electrons. The van der Waals surface area contributed by atoms with Crippen molar-refractivity contribution in [2.75, 3.05) is 19.1 Å². The maximum atomic E-state index is 8.92. The molecular formula is C13H18N2O. The molecule has 0 radical (unpaired) electrons. The van der Waals surface area contributed by atoms with Gasteiger partial charge >= 0.3 is 0 Å². The van der Waals surface area contributed by atoms with Crippen molar-refractivity contribution in [3.63, 3.8) is 0 Å². The lowest BCUT2D eigenvalue weighted by Gasteiger charge is -2.24. The van der Waals surface area contributed by atoms with E-state index in [1.54, 1.807) is 7.11 Å². The van der Waals surface area contributed by atoms with Crippen LogP contribution in [0.25, 0.3) is 0 Å². The zero-order chi connectivity index (χ0) is 12.3. The minimum absolute atomic E-state index is 0.170. The molecular weight excluding hydrogens is 200 g/mol. The largest absolute Gasteiger partial charge is 0.495 e. The van der Waals surface area contributed by atoms with Gasteiger partial charge in [0.1, 0.15) is 11.8 Å². The van der Waals surface area contributed by atoms with E-state index in [9.17, 15) is 0 Å². The van der Waals surface area contributed by atoms with Gasteiger partial charge in [0, 0.05) is 7.05 Å². The van der Waals surface area contributed by atoms with Gasteiger partial charge in [0.05, 0.1) is 18.9 Å². The van der Waals surface area contributed by atoms with Crippen molar-refractivity contribution in [2.24, 2.45) is 0 Å². The first-order valence-corrected chi connectivity index (χ1v) is 5.29. The summed E-state index contributed by atoms with van der Waals surface area (Å²) < 4.78 is 5.35. The third-order valence-corrected chi connectivity index (χ3v) is 2.94. The van der Waals surface area contributed by atoms with Crippen molar-refractivity contribution in [1.29, 1.82) is 5.26 Å². The summed E-state index contributed by atoms with van der Waals surface area (Å²) in [6, 6.07) is 6.11. The Labute approximate surface area is 97.3 Å². The minimum atomic E-state index is -0.170. The molecule has 0 amide bonds. The SMILES string of the molecule is COc1cc(C)c(C)cc1N(C)C(C)C#N. The van der Waals surface area contributed by atoms with E-state index in [2.05, 4.69) is 26.0 Å². The van der Waals surface area contributed by atoms with Crippen LogP contribution in [0.2, 0.25) is 0 Å². The van der Waals surface area contributed by atoms with Gasteiger partial charge in [-0.2, -0.15) is 5.26 Å². The average Bonchev–Trinajstić information content (AvgIpc) is 2.30. The summed E-state index contributed by atoms with van der Waals surface area (Å²) in [7, 11) is 3.55. The molecule has 0 aromatic heterocycles. The van der Waals surface area contributed by atoms with Gasteiger partial charge in [-0.05, 0) is 44.0 Å². The van der Waals surface area contributed by atoms with E-state index in [1.807, 2.05) is 24.9 Å². The van der Waals surface area contributed by atoms with Crippen LogP contribution in [0.15, 0.2) is 12.1 Å². The maximum Gasteiger partial charge on any atom is 0.142 e. The highest BCUT2D eigenvalue weighted by Gasteiger charge is 2.14. The standard InChI is InChI=1S/C13H18N2O/c1-9-6-12(15(4)11(3)8-14)13(16-5)7-10(9)2/h6-7,11H,1-5H3. The fraction of sp³-hybridized carbons (Fsp3) is 0.462. The van der Waals surface area contributed by atoms with Crippen LogP contribution < -0.4 is 9.64 Å². The first-order chi connectivity index (χ1) is 7.51. The molecule has 1 aromatic rings. The van der Waals surface area contributed by atoms with E-state index in [4.69, 9.17) is 10.00 Å². The molecule has 0 spiro atoms. The third-order valence-electron chi connectivity index (χ3n) is 2.94. The number of nitriles is 1. The van der Waals surface area contributed by atoms with E-state index in [0.717, 1.165) is 11.4 Å². The summed E-state index contributed by atoms with van der Waals surface area (Å²) >= 11 is 0. The fourth-order valence-corrected chi connectivity index (χ4v) is 1.51. The molecule has 0 heterocycles. The van der Waals surface area contributed by atoms with Crippen LogP contribution in [0.4, 0.5) is 5.69 Å². The average molecular weight is 218 g/mol. The Hall–Kier alpha value is -1.69. The Kier molecular flexibility index (Phi) is 3.78. The second kappa shape index (κ2) is 4.89. The van der Waals surface area contributed by atoms with Gasteiger partial charge in [0.15, 0.2) is 0 Å². The number of nitrogens with zero attached hydrogens (tertiary/aromatic N) is 2. The highest BCUT2D eigenvalue weighted by molar-refractivity contribution is 5.62. The quantitative estimate of drug-likeness (QED) is 0.782. The van der Waals surface area contributed by atoms with Gasteiger partial charge in [-0.25, -0.2) is 0 Å². The van der Waals surface area contributed by atoms with Gasteiger partial charge in [-0.3, -0.25) is 0 Å². The summed E-state index contributed by atoms with van der Waals surface area (Å²) in [5, 5.41) is 8.92. The van der Waals surface area contributed by atoms with Crippen molar-refractivity contribution < 1.29 is 4.74 Å². The Morgan fingerprint density at radius 1 is 1.31 bits per heavy atom. The van der Waals surface area contributed by atoms with E-state index in [1.165, 1.54) is 11.1 Å². The summed E-state index contributed by atoms with van der Waals surface area (Å²) in [4.78, 5) is 1.92. The predicted octanol–water partition coefficient (Wildman–Crippen LogP) is 2.66. The zero-order valence-corrected chi connectivity index (χ0v) is 10.5. The molecule has 0 saturated carbocycles. The van der Waals surface area contributed by atoms with Crippen molar-refractivity contribution in [1.82, 2.24) is 0 Å². The van der Waals surface area contributed by atoms with Crippen LogP contribution in [-0.4, -0.2) is 20.2 Å². The zero-order valence-electron chi connectivity index (χ0n) is 10.5. The number of benzene rings is 1. The number of anilines is 1. The minimum Gasteiger partial charge on any atom is -0.495 e. The van der Waals surface area contributed by atoms with Crippen molar-refractivity contribution in [2.45, 2.75) is 26.8 Å². The summed E-state index contributed by atoms with van der Waals surface area (Å²) in [6.07, 6.45) is 0. The van der Waals surface area contributed by atoms with Crippen LogP contribution in [0.1, 0.15) is 18.1 Å². The number of rotatable bonds is 3. The molecule has 3 heteroatoms. The molecule has 0 aliphatic heterocycles. The van der Waals surface area contributed by atoms with Gasteiger partial charge in [0.2, 0.25) is 0 Å². The molecule has 0 saturated heterocycles. The molecule has 0 N–H and O–H groups in total. The number of hydrogen-bond acceptors (Lipinski definition) is 3. The van der Waals surface area contributed by atoms with Crippen molar-refractivity contribution >= 4 is 5.69 Å². The van der Waals surface area contributed by atoms with Crippen LogP contribution in [-0.2, 0) is 0 Å². The normalized spacial score (nSPS) is 11.8. The lowest BCUT2D eigenvalue weighted by Crippen LogP contribution is -2.27. The topological polar surface area (TPSA) is 36.3 Å². The number of aryl methyl sites for hydroxylation is 2. The molecule has 1 unspecified atom stereocenters. The fourth-order valence-electron chi connectivity index (χ4n) is 1.51.